The summed E-state index contributed by atoms with van der Waals surface area (Å²) in [6.07, 6.45) is 2.04. The van der Waals surface area contributed by atoms with Gasteiger partial charge >= 0.3 is 0 Å². The van der Waals surface area contributed by atoms with Crippen LogP contribution in [0.2, 0.25) is 0 Å². The third-order valence-corrected chi connectivity index (χ3v) is 3.36. The van der Waals surface area contributed by atoms with Crippen LogP contribution in [-0.4, -0.2) is 20.5 Å². The van der Waals surface area contributed by atoms with E-state index < -0.39 is 0 Å². The summed E-state index contributed by atoms with van der Waals surface area (Å²) < 4.78 is 16.2. The second-order valence-corrected chi connectivity index (χ2v) is 4.71. The molecule has 3 nitrogen and oxygen atoms in total. The van der Waals surface area contributed by atoms with Crippen molar-refractivity contribution in [2.45, 2.75) is 4.90 Å². The monoisotopic (exact) mass is 276 g/mol. The maximum Gasteiger partial charge on any atom is 0.134 e. The summed E-state index contributed by atoms with van der Waals surface area (Å²) in [5.74, 6) is 2.88. The molecule has 4 heteroatoms. The number of hydrogen-bond donors (Lipinski definition) is 0. The molecule has 0 N–H and O–H groups in total. The van der Waals surface area contributed by atoms with Crippen molar-refractivity contribution < 1.29 is 14.2 Å². The van der Waals surface area contributed by atoms with Gasteiger partial charge in [0.1, 0.15) is 23.0 Å². The van der Waals surface area contributed by atoms with Crippen LogP contribution < -0.4 is 14.2 Å². The maximum absolute atomic E-state index is 5.79. The minimum atomic E-state index is 0.688. The number of thioether (sulfide) groups is 1. The lowest BCUT2D eigenvalue weighted by molar-refractivity contribution is 0.386. The highest BCUT2D eigenvalue weighted by atomic mass is 32.2. The first kappa shape index (κ1) is 13.6. The van der Waals surface area contributed by atoms with Crippen LogP contribution in [0.4, 0.5) is 0 Å². The van der Waals surface area contributed by atoms with E-state index in [4.69, 9.17) is 14.2 Å². The van der Waals surface area contributed by atoms with Crippen LogP contribution in [0.5, 0.6) is 23.0 Å². The minimum Gasteiger partial charge on any atom is -0.496 e. The number of hydrogen-bond acceptors (Lipinski definition) is 4. The van der Waals surface area contributed by atoms with Gasteiger partial charge in [-0.05, 0) is 30.5 Å². The first-order valence-electron chi connectivity index (χ1n) is 5.80. The molecule has 0 radical (unpaired) electrons. The van der Waals surface area contributed by atoms with E-state index in [1.54, 1.807) is 26.0 Å². The average molecular weight is 276 g/mol. The molecule has 2 aromatic rings. The third-order valence-electron chi connectivity index (χ3n) is 2.62. The summed E-state index contributed by atoms with van der Waals surface area (Å²) in [5, 5.41) is 0. The van der Waals surface area contributed by atoms with Crippen LogP contribution in [0, 0.1) is 0 Å². The fourth-order valence-corrected chi connectivity index (χ4v) is 2.03. The predicted octanol–water partition coefficient (Wildman–Crippen LogP) is 4.22. The van der Waals surface area contributed by atoms with Gasteiger partial charge in [0.05, 0.1) is 14.2 Å². The van der Waals surface area contributed by atoms with E-state index >= 15 is 0 Å². The second-order valence-electron chi connectivity index (χ2n) is 3.83. The van der Waals surface area contributed by atoms with Crippen LogP contribution in [0.15, 0.2) is 47.4 Å². The molecule has 19 heavy (non-hydrogen) atoms. The molecule has 0 fully saturated rings. The maximum atomic E-state index is 5.79. The normalized spacial score (nSPS) is 10.1. The molecule has 0 saturated heterocycles. The van der Waals surface area contributed by atoms with Crippen LogP contribution >= 0.6 is 11.8 Å². The molecule has 0 heterocycles. The van der Waals surface area contributed by atoms with E-state index in [-0.39, 0.29) is 0 Å². The van der Waals surface area contributed by atoms with E-state index in [0.717, 1.165) is 5.75 Å². The number of rotatable bonds is 5. The van der Waals surface area contributed by atoms with Crippen LogP contribution in [-0.2, 0) is 0 Å². The van der Waals surface area contributed by atoms with E-state index in [0.29, 0.717) is 17.2 Å². The van der Waals surface area contributed by atoms with Crippen LogP contribution in [0.25, 0.3) is 0 Å². The van der Waals surface area contributed by atoms with Gasteiger partial charge in [-0.1, -0.05) is 0 Å². The Morgan fingerprint density at radius 3 is 1.74 bits per heavy atom. The average Bonchev–Trinajstić information content (AvgIpc) is 2.47. The Balaban J connectivity index is 2.21. The molecule has 0 aliphatic carbocycles. The van der Waals surface area contributed by atoms with Crippen LogP contribution in [0.3, 0.4) is 0 Å². The Morgan fingerprint density at radius 1 is 0.737 bits per heavy atom. The smallest absolute Gasteiger partial charge is 0.134 e. The van der Waals surface area contributed by atoms with Gasteiger partial charge < -0.3 is 14.2 Å². The molecule has 0 aromatic heterocycles. The molecule has 0 amide bonds. The third kappa shape index (κ3) is 3.58. The van der Waals surface area contributed by atoms with E-state index in [1.165, 1.54) is 4.90 Å². The van der Waals surface area contributed by atoms with Gasteiger partial charge in [0.15, 0.2) is 0 Å². The Morgan fingerprint density at radius 2 is 1.26 bits per heavy atom. The summed E-state index contributed by atoms with van der Waals surface area (Å²) in [4.78, 5) is 1.20. The highest BCUT2D eigenvalue weighted by molar-refractivity contribution is 7.98. The van der Waals surface area contributed by atoms with Crippen molar-refractivity contribution in [3.05, 3.63) is 42.5 Å². The Hall–Kier alpha value is -1.81. The van der Waals surface area contributed by atoms with Crippen molar-refractivity contribution in [1.82, 2.24) is 0 Å². The van der Waals surface area contributed by atoms with Crippen molar-refractivity contribution in [1.29, 1.82) is 0 Å². The molecule has 0 atom stereocenters. The highest BCUT2D eigenvalue weighted by Crippen LogP contribution is 2.31. The molecule has 0 saturated carbocycles. The SMILES string of the molecule is COc1cc(OC)cc(Oc2ccc(SC)cc2)c1. The summed E-state index contributed by atoms with van der Waals surface area (Å²) in [5.41, 5.74) is 0. The number of ether oxygens (including phenoxy) is 3. The van der Waals surface area contributed by atoms with Crippen molar-refractivity contribution in [3.8, 4) is 23.0 Å². The van der Waals surface area contributed by atoms with Gasteiger partial charge in [0, 0.05) is 23.1 Å². The molecule has 100 valence electrons. The van der Waals surface area contributed by atoms with Crippen molar-refractivity contribution in [2.24, 2.45) is 0 Å². The molecule has 0 unspecified atom stereocenters. The Labute approximate surface area is 117 Å². The summed E-state index contributed by atoms with van der Waals surface area (Å²) in [6, 6.07) is 13.4. The largest absolute Gasteiger partial charge is 0.496 e. The van der Waals surface area contributed by atoms with Gasteiger partial charge in [0.2, 0.25) is 0 Å². The summed E-state index contributed by atoms with van der Waals surface area (Å²) >= 11 is 1.70. The Kier molecular flexibility index (Phi) is 4.58. The topological polar surface area (TPSA) is 27.7 Å². The molecule has 0 aliphatic heterocycles. The van der Waals surface area contributed by atoms with Gasteiger partial charge in [-0.15, -0.1) is 11.8 Å². The lowest BCUT2D eigenvalue weighted by Gasteiger charge is -2.10. The zero-order valence-corrected chi connectivity index (χ0v) is 12.0. The first-order chi connectivity index (χ1) is 9.25. The van der Waals surface area contributed by atoms with Crippen LogP contribution in [0.1, 0.15) is 0 Å². The fraction of sp³-hybridized carbons (Fsp3) is 0.200. The van der Waals surface area contributed by atoms with Gasteiger partial charge in [-0.3, -0.25) is 0 Å². The summed E-state index contributed by atoms with van der Waals surface area (Å²) in [6.45, 7) is 0. The highest BCUT2D eigenvalue weighted by Gasteiger charge is 2.04. The lowest BCUT2D eigenvalue weighted by atomic mass is 10.3. The molecular formula is C15H16O3S. The minimum absolute atomic E-state index is 0.688. The van der Waals surface area contributed by atoms with E-state index in [1.807, 2.05) is 48.7 Å². The predicted molar refractivity (Wildman–Crippen MR) is 77.8 cm³/mol. The van der Waals surface area contributed by atoms with Crippen molar-refractivity contribution >= 4 is 11.8 Å². The molecule has 0 bridgehead atoms. The molecular weight excluding hydrogens is 260 g/mol. The Bertz CT molecular complexity index is 515. The molecule has 0 aliphatic rings. The number of benzene rings is 2. The van der Waals surface area contributed by atoms with E-state index in [2.05, 4.69) is 0 Å². The number of methoxy groups -OCH3 is 2. The molecule has 2 aromatic carbocycles. The zero-order chi connectivity index (χ0) is 13.7. The van der Waals surface area contributed by atoms with Gasteiger partial charge in [-0.2, -0.15) is 0 Å². The van der Waals surface area contributed by atoms with E-state index in [9.17, 15) is 0 Å². The first-order valence-corrected chi connectivity index (χ1v) is 7.02. The zero-order valence-electron chi connectivity index (χ0n) is 11.2. The van der Waals surface area contributed by atoms with Gasteiger partial charge in [-0.25, -0.2) is 0 Å². The lowest BCUT2D eigenvalue weighted by Crippen LogP contribution is -1.90. The second kappa shape index (κ2) is 6.38. The fourth-order valence-electron chi connectivity index (χ4n) is 1.62. The molecule has 2 rings (SSSR count). The van der Waals surface area contributed by atoms with Gasteiger partial charge in [0.25, 0.3) is 0 Å². The van der Waals surface area contributed by atoms with Crippen molar-refractivity contribution in [3.63, 3.8) is 0 Å². The molecule has 0 spiro atoms. The standard InChI is InChI=1S/C15H16O3S/c1-16-12-8-13(17-2)10-14(9-12)18-11-4-6-15(19-3)7-5-11/h4-10H,1-3H3. The van der Waals surface area contributed by atoms with Crippen molar-refractivity contribution in [2.75, 3.05) is 20.5 Å². The summed E-state index contributed by atoms with van der Waals surface area (Å²) in [7, 11) is 3.23. The quantitative estimate of drug-likeness (QED) is 0.764.